The highest BCUT2D eigenvalue weighted by molar-refractivity contribution is 6.31. The first-order valence-electron chi connectivity index (χ1n) is 10.3. The van der Waals surface area contributed by atoms with Crippen LogP contribution < -0.4 is 5.32 Å². The Labute approximate surface area is 187 Å². The molecule has 0 aliphatic carbocycles. The van der Waals surface area contributed by atoms with Crippen LogP contribution in [0.4, 0.5) is 13.6 Å². The quantitative estimate of drug-likeness (QED) is 0.432. The molecule has 2 aromatic heterocycles. The molecular formula is C22H21ClF2N6O. The molecule has 0 atom stereocenters. The van der Waals surface area contributed by atoms with E-state index in [1.807, 2.05) is 24.4 Å². The van der Waals surface area contributed by atoms with E-state index in [0.717, 1.165) is 42.7 Å². The molecular weight excluding hydrogens is 438 g/mol. The largest absolute Gasteiger partial charge is 0.361 e. The Hall–Kier alpha value is -3.17. The topological polar surface area (TPSA) is 80.1 Å². The number of carbonyl (C=O) groups excluding carboxylic acids is 1. The number of aromatic amines is 2. The molecule has 5 rings (SSSR count). The lowest BCUT2D eigenvalue weighted by Gasteiger charge is -2.34. The molecule has 1 saturated heterocycles. The number of imidazole rings is 1. The zero-order valence-electron chi connectivity index (χ0n) is 17.1. The van der Waals surface area contributed by atoms with Gasteiger partial charge in [0.25, 0.3) is 0 Å². The second kappa shape index (κ2) is 8.40. The lowest BCUT2D eigenvalue weighted by atomic mass is 10.1. The van der Waals surface area contributed by atoms with Crippen molar-refractivity contribution < 1.29 is 13.6 Å². The Morgan fingerprint density at radius 2 is 1.88 bits per heavy atom. The molecule has 2 aromatic carbocycles. The Morgan fingerprint density at radius 3 is 2.69 bits per heavy atom. The van der Waals surface area contributed by atoms with Gasteiger partial charge in [0.05, 0.1) is 17.6 Å². The predicted octanol–water partition coefficient (Wildman–Crippen LogP) is 4.00. The van der Waals surface area contributed by atoms with Crippen LogP contribution in [-0.4, -0.2) is 57.0 Å². The number of fused-ring (bicyclic) bond motifs is 2. The second-order valence-corrected chi connectivity index (χ2v) is 8.33. The number of rotatable bonds is 4. The van der Waals surface area contributed by atoms with Crippen molar-refractivity contribution in [2.75, 3.05) is 26.2 Å². The van der Waals surface area contributed by atoms with Gasteiger partial charge in [-0.3, -0.25) is 4.90 Å². The van der Waals surface area contributed by atoms with Gasteiger partial charge in [-0.1, -0.05) is 11.6 Å². The summed E-state index contributed by atoms with van der Waals surface area (Å²) in [6.45, 7) is 3.64. The molecule has 3 N–H and O–H groups in total. The second-order valence-electron chi connectivity index (χ2n) is 7.89. The van der Waals surface area contributed by atoms with Gasteiger partial charge in [-0.05, 0) is 23.8 Å². The Bertz CT molecular complexity index is 1260. The van der Waals surface area contributed by atoms with E-state index in [4.69, 9.17) is 11.6 Å². The number of hydrogen-bond donors (Lipinski definition) is 3. The molecule has 4 aromatic rings. The van der Waals surface area contributed by atoms with Crippen LogP contribution in [0.1, 0.15) is 11.4 Å². The number of halogens is 3. The van der Waals surface area contributed by atoms with Gasteiger partial charge in [0.1, 0.15) is 5.82 Å². The van der Waals surface area contributed by atoms with Gasteiger partial charge >= 0.3 is 6.03 Å². The number of hydrogen-bond acceptors (Lipinski definition) is 3. The van der Waals surface area contributed by atoms with E-state index in [-0.39, 0.29) is 12.6 Å². The lowest BCUT2D eigenvalue weighted by molar-refractivity contribution is 0.135. The summed E-state index contributed by atoms with van der Waals surface area (Å²) in [5.74, 6) is -1.45. The van der Waals surface area contributed by atoms with Crippen LogP contribution in [-0.2, 0) is 13.1 Å². The summed E-state index contributed by atoms with van der Waals surface area (Å²) in [7, 11) is 0. The van der Waals surface area contributed by atoms with Crippen molar-refractivity contribution in [3.63, 3.8) is 0 Å². The summed E-state index contributed by atoms with van der Waals surface area (Å²) in [6, 6.07) is 7.70. The van der Waals surface area contributed by atoms with Gasteiger partial charge in [0, 0.05) is 67.0 Å². The van der Waals surface area contributed by atoms with Gasteiger partial charge in [0.15, 0.2) is 11.6 Å². The number of nitrogens with zero attached hydrogens (tertiary/aromatic N) is 3. The fourth-order valence-corrected chi connectivity index (χ4v) is 4.22. The lowest BCUT2D eigenvalue weighted by Crippen LogP contribution is -2.51. The normalized spacial score (nSPS) is 15.0. The first kappa shape index (κ1) is 20.7. The minimum atomic E-state index is -0.951. The molecule has 0 bridgehead atoms. The Kier molecular flexibility index (Phi) is 5.44. The molecule has 7 nitrogen and oxygen atoms in total. The third-order valence-corrected chi connectivity index (χ3v) is 6.00. The third-order valence-electron chi connectivity index (χ3n) is 5.76. The third kappa shape index (κ3) is 4.13. The van der Waals surface area contributed by atoms with Gasteiger partial charge in [0.2, 0.25) is 0 Å². The van der Waals surface area contributed by atoms with Crippen molar-refractivity contribution in [2.45, 2.75) is 13.1 Å². The van der Waals surface area contributed by atoms with E-state index >= 15 is 0 Å². The van der Waals surface area contributed by atoms with Crippen LogP contribution in [0.3, 0.4) is 0 Å². The molecule has 0 radical (unpaired) electrons. The molecule has 3 heterocycles. The fourth-order valence-electron chi connectivity index (χ4n) is 4.04. The number of urea groups is 1. The number of benzene rings is 2. The zero-order valence-corrected chi connectivity index (χ0v) is 17.8. The van der Waals surface area contributed by atoms with E-state index in [0.29, 0.717) is 35.0 Å². The minimum absolute atomic E-state index is 0.146. The molecule has 1 fully saturated rings. The highest BCUT2D eigenvalue weighted by Crippen LogP contribution is 2.24. The van der Waals surface area contributed by atoms with Gasteiger partial charge in [-0.15, -0.1) is 0 Å². The van der Waals surface area contributed by atoms with Crippen molar-refractivity contribution >= 4 is 39.6 Å². The summed E-state index contributed by atoms with van der Waals surface area (Å²) < 4.78 is 26.7. The molecule has 166 valence electrons. The fraction of sp³-hybridized carbons (Fsp3) is 0.273. The number of amides is 2. The molecule has 0 saturated carbocycles. The van der Waals surface area contributed by atoms with Gasteiger partial charge in [-0.25, -0.2) is 18.6 Å². The number of carbonyl (C=O) groups is 1. The van der Waals surface area contributed by atoms with Crippen LogP contribution in [0.2, 0.25) is 5.02 Å². The SMILES string of the molecule is O=C(NCc1nc2cc(F)c(F)cc2[nH]1)N1CCN(Cc2c[nH]c3ccc(Cl)cc23)CC1. The summed E-state index contributed by atoms with van der Waals surface area (Å²) in [4.78, 5) is 27.0. The summed E-state index contributed by atoms with van der Waals surface area (Å²) in [5.41, 5.74) is 2.94. The van der Waals surface area contributed by atoms with Gasteiger partial charge < -0.3 is 20.2 Å². The maximum atomic E-state index is 13.3. The highest BCUT2D eigenvalue weighted by Gasteiger charge is 2.22. The van der Waals surface area contributed by atoms with E-state index in [9.17, 15) is 13.6 Å². The van der Waals surface area contributed by atoms with Crippen molar-refractivity contribution in [3.8, 4) is 0 Å². The van der Waals surface area contributed by atoms with Crippen molar-refractivity contribution in [1.29, 1.82) is 0 Å². The van der Waals surface area contributed by atoms with Crippen LogP contribution in [0.5, 0.6) is 0 Å². The molecule has 1 aliphatic rings. The molecule has 2 amide bonds. The number of H-pyrrole nitrogens is 2. The smallest absolute Gasteiger partial charge is 0.317 e. The van der Waals surface area contributed by atoms with Crippen molar-refractivity contribution in [2.24, 2.45) is 0 Å². The maximum absolute atomic E-state index is 13.3. The number of aromatic nitrogens is 3. The average molecular weight is 459 g/mol. The number of nitrogens with one attached hydrogen (secondary N) is 3. The van der Waals surface area contributed by atoms with Crippen molar-refractivity contribution in [1.82, 2.24) is 30.1 Å². The average Bonchev–Trinajstić information content (AvgIpc) is 3.36. The zero-order chi connectivity index (χ0) is 22.2. The Morgan fingerprint density at radius 1 is 1.09 bits per heavy atom. The molecule has 10 heteroatoms. The van der Waals surface area contributed by atoms with Crippen LogP contribution >= 0.6 is 11.6 Å². The Balaban J connectivity index is 1.15. The van der Waals surface area contributed by atoms with E-state index < -0.39 is 11.6 Å². The number of piperazine rings is 1. The van der Waals surface area contributed by atoms with E-state index in [1.165, 1.54) is 5.56 Å². The molecule has 1 aliphatic heterocycles. The molecule has 32 heavy (non-hydrogen) atoms. The minimum Gasteiger partial charge on any atom is -0.361 e. The monoisotopic (exact) mass is 458 g/mol. The first-order chi connectivity index (χ1) is 15.5. The van der Waals surface area contributed by atoms with Crippen LogP contribution in [0.15, 0.2) is 36.5 Å². The highest BCUT2D eigenvalue weighted by atomic mass is 35.5. The molecule has 0 unspecified atom stereocenters. The summed E-state index contributed by atoms with van der Waals surface area (Å²) in [6.07, 6.45) is 2.01. The summed E-state index contributed by atoms with van der Waals surface area (Å²) >= 11 is 6.14. The standard InChI is InChI=1S/C22H21ClF2N6O/c23-14-1-2-18-15(7-14)13(10-26-18)12-30-3-5-31(6-4-30)22(32)27-11-21-28-19-8-16(24)17(25)9-20(19)29-21/h1-2,7-10,26H,3-6,11-12H2,(H,27,32)(H,28,29). The van der Waals surface area contributed by atoms with E-state index in [2.05, 4.69) is 25.2 Å². The van der Waals surface area contributed by atoms with Gasteiger partial charge in [-0.2, -0.15) is 0 Å². The van der Waals surface area contributed by atoms with Crippen LogP contribution in [0.25, 0.3) is 21.9 Å². The van der Waals surface area contributed by atoms with E-state index in [1.54, 1.807) is 4.90 Å². The molecule has 0 spiro atoms. The first-order valence-corrected chi connectivity index (χ1v) is 10.7. The maximum Gasteiger partial charge on any atom is 0.317 e. The van der Waals surface area contributed by atoms with Crippen LogP contribution in [0, 0.1) is 11.6 Å². The predicted molar refractivity (Wildman–Crippen MR) is 118 cm³/mol. The summed E-state index contributed by atoms with van der Waals surface area (Å²) in [5, 5.41) is 4.64. The van der Waals surface area contributed by atoms with Crippen molar-refractivity contribution in [3.05, 3.63) is 64.6 Å².